The highest BCUT2D eigenvalue weighted by Crippen LogP contribution is 2.27. The van der Waals surface area contributed by atoms with Crippen molar-refractivity contribution in [1.29, 1.82) is 0 Å². The Labute approximate surface area is 194 Å². The molecule has 3 aromatic rings. The molecule has 1 aliphatic rings. The fraction of sp³-hybridized carbons (Fsp3) is 0.0455. The maximum atomic E-state index is 6.18. The average molecular weight is 476 g/mol. The smallest absolute Gasteiger partial charge is 0.220 e. The van der Waals surface area contributed by atoms with Crippen molar-refractivity contribution in [2.24, 2.45) is 9.98 Å². The summed E-state index contributed by atoms with van der Waals surface area (Å²) in [4.78, 5) is 15.6. The van der Waals surface area contributed by atoms with Crippen LogP contribution in [0.25, 0.3) is 0 Å². The number of rotatable bonds is 4. The monoisotopic (exact) mass is 474 g/mol. The van der Waals surface area contributed by atoms with Crippen LogP contribution in [-0.4, -0.2) is 23.2 Å². The van der Waals surface area contributed by atoms with Crippen LogP contribution >= 0.6 is 46.4 Å². The van der Waals surface area contributed by atoms with Gasteiger partial charge in [-0.1, -0.05) is 58.5 Å². The van der Waals surface area contributed by atoms with E-state index in [1.165, 1.54) is 0 Å². The normalized spacial score (nSPS) is 16.2. The number of pyridine rings is 1. The summed E-state index contributed by atoms with van der Waals surface area (Å²) in [5.41, 5.74) is 3.27. The Morgan fingerprint density at radius 2 is 1.67 bits per heavy atom. The fourth-order valence-corrected chi connectivity index (χ4v) is 3.46. The first-order chi connectivity index (χ1) is 14.5. The molecule has 4 nitrogen and oxygen atoms in total. The van der Waals surface area contributed by atoms with E-state index in [1.807, 2.05) is 41.4 Å². The van der Waals surface area contributed by atoms with Gasteiger partial charge in [0.1, 0.15) is 0 Å². The molecule has 1 aliphatic heterocycles. The largest absolute Gasteiger partial charge is 0.306 e. The van der Waals surface area contributed by atoms with Crippen molar-refractivity contribution in [2.45, 2.75) is 6.29 Å². The van der Waals surface area contributed by atoms with Crippen LogP contribution in [0.3, 0.4) is 0 Å². The van der Waals surface area contributed by atoms with Crippen molar-refractivity contribution in [3.63, 3.8) is 0 Å². The van der Waals surface area contributed by atoms with Gasteiger partial charge in [0.2, 0.25) is 6.29 Å². The molecule has 8 heteroatoms. The average Bonchev–Trinajstić information content (AvgIpc) is 2.77. The van der Waals surface area contributed by atoms with Gasteiger partial charge in [-0.05, 0) is 48.0 Å². The van der Waals surface area contributed by atoms with Crippen molar-refractivity contribution in [3.8, 4) is 0 Å². The number of aliphatic imine (C=N–C) groups is 2. The topological polar surface area (TPSA) is 40.9 Å². The van der Waals surface area contributed by atoms with Gasteiger partial charge in [0.15, 0.2) is 0 Å². The number of nitrogens with zero attached hydrogens (tertiary/aromatic N) is 4. The third kappa shape index (κ3) is 4.68. The van der Waals surface area contributed by atoms with Crippen molar-refractivity contribution in [2.75, 3.05) is 4.90 Å². The molecular weight excluding hydrogens is 462 g/mol. The van der Waals surface area contributed by atoms with Gasteiger partial charge in [-0.3, -0.25) is 4.98 Å². The zero-order valence-electron chi connectivity index (χ0n) is 15.4. The summed E-state index contributed by atoms with van der Waals surface area (Å²) in [5, 5.41) is 1.92. The molecule has 30 heavy (non-hydrogen) atoms. The van der Waals surface area contributed by atoms with Crippen LogP contribution < -0.4 is 4.90 Å². The first kappa shape index (κ1) is 20.9. The van der Waals surface area contributed by atoms with Gasteiger partial charge in [-0.2, -0.15) is 0 Å². The van der Waals surface area contributed by atoms with Gasteiger partial charge in [0.05, 0.1) is 37.7 Å². The Hall–Kier alpha value is -2.37. The van der Waals surface area contributed by atoms with Crippen molar-refractivity contribution in [3.05, 3.63) is 104 Å². The molecule has 0 saturated carbocycles. The summed E-state index contributed by atoms with van der Waals surface area (Å²) < 4.78 is 0. The standard InChI is InChI=1S/C22H14Cl4N4/c23-17-5-3-14(10-19(17)25)12-28-22-29-21(15-4-6-18(24)20(26)11-15)7-9-30(22)16-2-1-8-27-13-16/h1-13,22H. The van der Waals surface area contributed by atoms with Crippen molar-refractivity contribution < 1.29 is 0 Å². The SMILES string of the molecule is Clc1ccc(C=NC2N=C(c3ccc(Cl)c(Cl)c3)C=CN2c2cccnc2)cc1Cl. The van der Waals surface area contributed by atoms with Crippen LogP contribution in [0.15, 0.2) is 83.2 Å². The van der Waals surface area contributed by atoms with Crippen LogP contribution in [0.4, 0.5) is 5.69 Å². The Balaban J connectivity index is 1.70. The zero-order valence-corrected chi connectivity index (χ0v) is 18.4. The van der Waals surface area contributed by atoms with E-state index in [1.54, 1.807) is 42.9 Å². The van der Waals surface area contributed by atoms with E-state index in [2.05, 4.69) is 9.98 Å². The molecule has 1 aromatic heterocycles. The molecule has 1 unspecified atom stereocenters. The maximum absolute atomic E-state index is 6.18. The first-order valence-corrected chi connectivity index (χ1v) is 10.4. The van der Waals surface area contributed by atoms with Crippen molar-refractivity contribution in [1.82, 2.24) is 4.98 Å². The molecule has 0 amide bonds. The fourth-order valence-electron chi connectivity index (χ4n) is 2.86. The Morgan fingerprint density at radius 3 is 2.37 bits per heavy atom. The molecule has 1 atom stereocenters. The van der Waals surface area contributed by atoms with Crippen LogP contribution in [0.5, 0.6) is 0 Å². The highest BCUT2D eigenvalue weighted by atomic mass is 35.5. The molecule has 2 aromatic carbocycles. The molecule has 4 rings (SSSR count). The third-order valence-corrected chi connectivity index (χ3v) is 5.83. The maximum Gasteiger partial charge on any atom is 0.220 e. The molecule has 0 saturated heterocycles. The van der Waals surface area contributed by atoms with Gasteiger partial charge >= 0.3 is 0 Å². The Bertz CT molecular complexity index is 1160. The highest BCUT2D eigenvalue weighted by Gasteiger charge is 2.20. The number of halogens is 4. The zero-order chi connectivity index (χ0) is 21.1. The molecule has 0 bridgehead atoms. The number of hydrogen-bond donors (Lipinski definition) is 0. The predicted molar refractivity (Wildman–Crippen MR) is 127 cm³/mol. The minimum atomic E-state index is -0.543. The minimum Gasteiger partial charge on any atom is -0.306 e. The van der Waals surface area contributed by atoms with E-state index in [-0.39, 0.29) is 0 Å². The summed E-state index contributed by atoms with van der Waals surface area (Å²) in [6.07, 6.45) is 8.46. The second-order valence-corrected chi connectivity index (χ2v) is 8.00. The van der Waals surface area contributed by atoms with Crippen molar-refractivity contribution >= 4 is 64.0 Å². The lowest BCUT2D eigenvalue weighted by Crippen LogP contribution is -2.31. The Kier molecular flexibility index (Phi) is 6.40. The molecule has 0 aliphatic carbocycles. The minimum absolute atomic E-state index is 0.466. The van der Waals surface area contributed by atoms with Crippen LogP contribution in [0, 0.1) is 0 Å². The highest BCUT2D eigenvalue weighted by molar-refractivity contribution is 6.42. The lowest BCUT2D eigenvalue weighted by atomic mass is 10.1. The van der Waals surface area contributed by atoms with E-state index in [0.29, 0.717) is 20.1 Å². The molecule has 2 heterocycles. The van der Waals surface area contributed by atoms with Gasteiger partial charge in [0.25, 0.3) is 0 Å². The van der Waals surface area contributed by atoms with E-state index in [4.69, 9.17) is 51.4 Å². The summed E-state index contributed by atoms with van der Waals surface area (Å²) in [6, 6.07) is 14.5. The van der Waals surface area contributed by atoms with E-state index < -0.39 is 6.29 Å². The number of anilines is 1. The number of benzene rings is 2. The third-order valence-electron chi connectivity index (χ3n) is 4.36. The van der Waals surface area contributed by atoms with E-state index in [9.17, 15) is 0 Å². The second-order valence-electron chi connectivity index (χ2n) is 6.38. The lowest BCUT2D eigenvalue weighted by molar-refractivity contribution is 0.712. The van der Waals surface area contributed by atoms with E-state index >= 15 is 0 Å². The Morgan fingerprint density at radius 1 is 0.900 bits per heavy atom. The summed E-state index contributed by atoms with van der Waals surface area (Å²) in [5.74, 6) is 0. The molecule has 0 N–H and O–H groups in total. The summed E-state index contributed by atoms with van der Waals surface area (Å²) in [7, 11) is 0. The summed E-state index contributed by atoms with van der Waals surface area (Å²) >= 11 is 24.3. The molecular formula is C22H14Cl4N4. The number of allylic oxidation sites excluding steroid dienone is 1. The number of aromatic nitrogens is 1. The van der Waals surface area contributed by atoms with Crippen LogP contribution in [-0.2, 0) is 0 Å². The second kappa shape index (κ2) is 9.19. The molecule has 150 valence electrons. The van der Waals surface area contributed by atoms with Gasteiger partial charge in [-0.15, -0.1) is 0 Å². The van der Waals surface area contributed by atoms with E-state index in [0.717, 1.165) is 22.5 Å². The molecule has 0 radical (unpaired) electrons. The molecule has 0 fully saturated rings. The van der Waals surface area contributed by atoms with Crippen LogP contribution in [0.1, 0.15) is 11.1 Å². The summed E-state index contributed by atoms with van der Waals surface area (Å²) in [6.45, 7) is 0. The van der Waals surface area contributed by atoms with Gasteiger partial charge < -0.3 is 4.90 Å². The van der Waals surface area contributed by atoms with Gasteiger partial charge in [0, 0.05) is 24.2 Å². The number of hydrogen-bond acceptors (Lipinski definition) is 4. The van der Waals surface area contributed by atoms with Crippen LogP contribution in [0.2, 0.25) is 20.1 Å². The quantitative estimate of drug-likeness (QED) is 0.384. The first-order valence-electron chi connectivity index (χ1n) is 8.89. The van der Waals surface area contributed by atoms with Gasteiger partial charge in [-0.25, -0.2) is 9.98 Å². The lowest BCUT2D eigenvalue weighted by Gasteiger charge is -2.28. The predicted octanol–water partition coefficient (Wildman–Crippen LogP) is 6.92. The molecule has 0 spiro atoms.